The minimum absolute atomic E-state index is 0.0764. The van der Waals surface area contributed by atoms with E-state index in [0.29, 0.717) is 23.0 Å². The van der Waals surface area contributed by atoms with Crippen LogP contribution in [0.3, 0.4) is 0 Å². The van der Waals surface area contributed by atoms with Crippen molar-refractivity contribution in [2.24, 2.45) is 0 Å². The molecule has 0 fully saturated rings. The lowest BCUT2D eigenvalue weighted by atomic mass is 10.1. The number of amides is 1. The molecule has 0 saturated carbocycles. The summed E-state index contributed by atoms with van der Waals surface area (Å²) in [5, 5.41) is 4.20. The van der Waals surface area contributed by atoms with Crippen LogP contribution >= 0.6 is 22.9 Å². The Morgan fingerprint density at radius 2 is 1.96 bits per heavy atom. The van der Waals surface area contributed by atoms with Gasteiger partial charge in [-0.2, -0.15) is 0 Å². The van der Waals surface area contributed by atoms with E-state index in [0.717, 1.165) is 29.5 Å². The molecular weight excluding hydrogens is 382 g/mol. The predicted octanol–water partition coefficient (Wildman–Crippen LogP) is 4.48. The Morgan fingerprint density at radius 1 is 1.19 bits per heavy atom. The monoisotopic (exact) mass is 401 g/mol. The van der Waals surface area contributed by atoms with Gasteiger partial charge in [0.15, 0.2) is 0 Å². The molecule has 0 saturated heterocycles. The number of halogens is 1. The van der Waals surface area contributed by atoms with Gasteiger partial charge in [-0.3, -0.25) is 9.59 Å². The van der Waals surface area contributed by atoms with Crippen molar-refractivity contribution in [2.45, 2.75) is 44.9 Å². The quantitative estimate of drug-likeness (QED) is 0.633. The van der Waals surface area contributed by atoms with Crippen molar-refractivity contribution in [3.05, 3.63) is 55.9 Å². The fourth-order valence-corrected chi connectivity index (χ4v) is 4.90. The van der Waals surface area contributed by atoms with Gasteiger partial charge in [0.25, 0.3) is 5.56 Å². The van der Waals surface area contributed by atoms with Crippen molar-refractivity contribution in [1.29, 1.82) is 0 Å². The SMILES string of the molecule is O=C(CCc1nc2sc3c(c2c(=O)[nH]1)CCCCC3)Nc1ccc(Cl)cc1. The molecule has 3 aromatic rings. The predicted molar refractivity (Wildman–Crippen MR) is 110 cm³/mol. The van der Waals surface area contributed by atoms with E-state index >= 15 is 0 Å². The second-order valence-electron chi connectivity index (χ2n) is 6.81. The molecule has 1 aromatic carbocycles. The molecule has 7 heteroatoms. The van der Waals surface area contributed by atoms with Crippen LogP contribution in [0, 0.1) is 0 Å². The van der Waals surface area contributed by atoms with Crippen molar-refractivity contribution in [3.63, 3.8) is 0 Å². The molecule has 1 aliphatic rings. The summed E-state index contributed by atoms with van der Waals surface area (Å²) < 4.78 is 0. The van der Waals surface area contributed by atoms with Crippen molar-refractivity contribution < 1.29 is 4.79 Å². The molecule has 0 atom stereocenters. The molecule has 4 rings (SSSR count). The summed E-state index contributed by atoms with van der Waals surface area (Å²) in [6.07, 6.45) is 6.17. The minimum atomic E-state index is -0.123. The van der Waals surface area contributed by atoms with E-state index in [4.69, 9.17) is 11.6 Å². The van der Waals surface area contributed by atoms with Gasteiger partial charge in [0.2, 0.25) is 5.91 Å². The highest BCUT2D eigenvalue weighted by Crippen LogP contribution is 2.32. The van der Waals surface area contributed by atoms with Gasteiger partial charge in [-0.15, -0.1) is 11.3 Å². The van der Waals surface area contributed by atoms with Gasteiger partial charge in [0, 0.05) is 28.4 Å². The van der Waals surface area contributed by atoms with Crippen LogP contribution < -0.4 is 10.9 Å². The Labute approximate surface area is 165 Å². The first-order chi connectivity index (χ1) is 13.1. The lowest BCUT2D eigenvalue weighted by Crippen LogP contribution is -2.16. The Hall–Kier alpha value is -2.18. The number of aromatic amines is 1. The number of aryl methyl sites for hydroxylation is 3. The Bertz CT molecular complexity index is 1040. The summed E-state index contributed by atoms with van der Waals surface area (Å²) in [5.74, 6) is 0.442. The van der Waals surface area contributed by atoms with Gasteiger partial charge in [0.05, 0.1) is 5.39 Å². The molecule has 2 aromatic heterocycles. The number of aromatic nitrogens is 2. The minimum Gasteiger partial charge on any atom is -0.326 e. The number of carbonyl (C=O) groups is 1. The fraction of sp³-hybridized carbons (Fsp3) is 0.350. The Morgan fingerprint density at radius 3 is 2.78 bits per heavy atom. The number of hydrogen-bond donors (Lipinski definition) is 2. The van der Waals surface area contributed by atoms with Gasteiger partial charge in [0.1, 0.15) is 10.7 Å². The maximum atomic E-state index is 12.6. The van der Waals surface area contributed by atoms with E-state index in [1.807, 2.05) is 0 Å². The molecule has 140 valence electrons. The zero-order valence-corrected chi connectivity index (χ0v) is 16.4. The van der Waals surface area contributed by atoms with Gasteiger partial charge < -0.3 is 10.3 Å². The third kappa shape index (κ3) is 4.06. The van der Waals surface area contributed by atoms with Gasteiger partial charge in [-0.05, 0) is 55.5 Å². The van der Waals surface area contributed by atoms with Crippen LogP contribution in [-0.4, -0.2) is 15.9 Å². The number of fused-ring (bicyclic) bond motifs is 3. The van der Waals surface area contributed by atoms with E-state index in [2.05, 4.69) is 15.3 Å². The molecule has 1 amide bonds. The molecule has 2 heterocycles. The van der Waals surface area contributed by atoms with E-state index in [-0.39, 0.29) is 17.9 Å². The summed E-state index contributed by atoms with van der Waals surface area (Å²) in [6.45, 7) is 0. The molecule has 0 unspecified atom stereocenters. The van der Waals surface area contributed by atoms with Gasteiger partial charge in [-0.25, -0.2) is 4.98 Å². The first-order valence-corrected chi connectivity index (χ1v) is 10.4. The van der Waals surface area contributed by atoms with E-state index in [1.54, 1.807) is 35.6 Å². The van der Waals surface area contributed by atoms with Gasteiger partial charge in [-0.1, -0.05) is 18.0 Å². The van der Waals surface area contributed by atoms with E-state index in [9.17, 15) is 9.59 Å². The number of rotatable bonds is 4. The smallest absolute Gasteiger partial charge is 0.259 e. The molecule has 1 aliphatic carbocycles. The summed E-state index contributed by atoms with van der Waals surface area (Å²) >= 11 is 7.48. The molecule has 27 heavy (non-hydrogen) atoms. The Balaban J connectivity index is 1.48. The number of hydrogen-bond acceptors (Lipinski definition) is 4. The third-order valence-corrected chi connectivity index (χ3v) is 6.28. The van der Waals surface area contributed by atoms with Crippen LogP contribution in [0.25, 0.3) is 10.2 Å². The number of benzene rings is 1. The zero-order chi connectivity index (χ0) is 18.8. The standard InChI is InChI=1S/C20H20ClN3O2S/c21-12-6-8-13(9-7-12)22-17(25)11-10-16-23-19(26)18-14-4-2-1-3-5-15(14)27-20(18)24-16/h6-9H,1-5,10-11H2,(H,22,25)(H,23,24,26). The van der Waals surface area contributed by atoms with Crippen LogP contribution in [0.2, 0.25) is 5.02 Å². The highest BCUT2D eigenvalue weighted by atomic mass is 35.5. The second kappa shape index (κ2) is 7.82. The molecule has 0 aliphatic heterocycles. The van der Waals surface area contributed by atoms with Crippen molar-refractivity contribution in [2.75, 3.05) is 5.32 Å². The van der Waals surface area contributed by atoms with Crippen molar-refractivity contribution >= 4 is 44.7 Å². The number of anilines is 1. The molecule has 0 spiro atoms. The third-order valence-electron chi connectivity index (χ3n) is 4.84. The van der Waals surface area contributed by atoms with Crippen LogP contribution in [0.5, 0.6) is 0 Å². The summed E-state index contributed by atoms with van der Waals surface area (Å²) in [5.41, 5.74) is 1.81. The maximum Gasteiger partial charge on any atom is 0.259 e. The molecule has 2 N–H and O–H groups in total. The fourth-order valence-electron chi connectivity index (χ4n) is 3.49. The normalized spacial score (nSPS) is 14.0. The highest BCUT2D eigenvalue weighted by molar-refractivity contribution is 7.18. The molecule has 0 radical (unpaired) electrons. The highest BCUT2D eigenvalue weighted by Gasteiger charge is 2.19. The molecule has 0 bridgehead atoms. The lowest BCUT2D eigenvalue weighted by Gasteiger charge is -2.05. The summed E-state index contributed by atoms with van der Waals surface area (Å²) in [6, 6.07) is 6.96. The van der Waals surface area contributed by atoms with Crippen molar-refractivity contribution in [3.8, 4) is 0 Å². The number of nitrogens with one attached hydrogen (secondary N) is 2. The largest absolute Gasteiger partial charge is 0.326 e. The summed E-state index contributed by atoms with van der Waals surface area (Å²) in [4.78, 5) is 34.4. The molecular formula is C20H20ClN3O2S. The van der Waals surface area contributed by atoms with Crippen LogP contribution in [0.4, 0.5) is 5.69 Å². The number of H-pyrrole nitrogens is 1. The van der Waals surface area contributed by atoms with Crippen molar-refractivity contribution in [1.82, 2.24) is 9.97 Å². The number of carbonyl (C=O) groups excluding carboxylic acids is 1. The van der Waals surface area contributed by atoms with E-state index in [1.165, 1.54) is 23.3 Å². The van der Waals surface area contributed by atoms with Crippen LogP contribution in [0.1, 0.15) is 41.9 Å². The van der Waals surface area contributed by atoms with Gasteiger partial charge >= 0.3 is 0 Å². The lowest BCUT2D eigenvalue weighted by molar-refractivity contribution is -0.116. The average molecular weight is 402 g/mol. The average Bonchev–Trinajstić information content (AvgIpc) is 2.84. The van der Waals surface area contributed by atoms with Crippen LogP contribution in [-0.2, 0) is 24.1 Å². The number of nitrogens with zero attached hydrogens (tertiary/aromatic N) is 1. The Kier molecular flexibility index (Phi) is 5.27. The molecule has 5 nitrogen and oxygen atoms in total. The first kappa shape index (κ1) is 18.2. The first-order valence-electron chi connectivity index (χ1n) is 9.19. The second-order valence-corrected chi connectivity index (χ2v) is 8.33. The number of thiophene rings is 1. The topological polar surface area (TPSA) is 74.8 Å². The summed E-state index contributed by atoms with van der Waals surface area (Å²) in [7, 11) is 0. The zero-order valence-electron chi connectivity index (χ0n) is 14.8. The maximum absolute atomic E-state index is 12.6. The van der Waals surface area contributed by atoms with E-state index < -0.39 is 0 Å². The van der Waals surface area contributed by atoms with Crippen LogP contribution in [0.15, 0.2) is 29.1 Å².